The average Bonchev–Trinajstić information content (AvgIpc) is 3.60. The summed E-state index contributed by atoms with van der Waals surface area (Å²) in [5.74, 6) is -2.47. The highest BCUT2D eigenvalue weighted by atomic mass is 19.1. The van der Waals surface area contributed by atoms with E-state index < -0.39 is 47.2 Å². The highest BCUT2D eigenvalue weighted by Gasteiger charge is 2.41. The second-order valence-electron chi connectivity index (χ2n) is 11.2. The van der Waals surface area contributed by atoms with Gasteiger partial charge in [0.25, 0.3) is 5.89 Å². The van der Waals surface area contributed by atoms with Crippen LogP contribution in [0.15, 0.2) is 28.7 Å². The van der Waals surface area contributed by atoms with Crippen molar-refractivity contribution in [2.75, 3.05) is 13.7 Å². The van der Waals surface area contributed by atoms with Gasteiger partial charge in [-0.1, -0.05) is 39.8 Å². The van der Waals surface area contributed by atoms with E-state index in [9.17, 15) is 23.6 Å². The molecule has 0 saturated carbocycles. The molecule has 1 aliphatic rings. The summed E-state index contributed by atoms with van der Waals surface area (Å²) >= 11 is 0. The number of nitrogens with one attached hydrogen (secondary N) is 2. The molecule has 0 aliphatic carbocycles. The van der Waals surface area contributed by atoms with Gasteiger partial charge in [0.05, 0.1) is 18.6 Å². The Morgan fingerprint density at radius 2 is 1.65 bits per heavy atom. The van der Waals surface area contributed by atoms with Gasteiger partial charge in [0, 0.05) is 6.54 Å². The summed E-state index contributed by atoms with van der Waals surface area (Å²) in [5.41, 5.74) is -0.0799. The molecule has 1 aliphatic heterocycles. The molecule has 3 amide bonds. The molecule has 3 rings (SSSR count). The second kappa shape index (κ2) is 12.6. The number of rotatable bonds is 10. The topological polar surface area (TPSA) is 144 Å². The Kier molecular flexibility index (Phi) is 9.65. The Bertz CT molecular complexity index is 1230. The molecule has 12 heteroatoms. The molecular weight excluding hydrogens is 521 g/mol. The molecule has 1 aromatic carbocycles. The van der Waals surface area contributed by atoms with Gasteiger partial charge in [0.1, 0.15) is 17.9 Å². The van der Waals surface area contributed by atoms with Crippen LogP contribution >= 0.6 is 0 Å². The number of nitrogens with zero attached hydrogens (tertiary/aromatic N) is 3. The van der Waals surface area contributed by atoms with E-state index in [0.29, 0.717) is 19.4 Å². The number of hydrogen-bond acceptors (Lipinski definition) is 8. The number of Topliss-reactive ketones (excluding diaryl/α,β-unsaturated/α-hetero) is 1. The minimum absolute atomic E-state index is 0.168. The largest absolute Gasteiger partial charge is 0.453 e. The summed E-state index contributed by atoms with van der Waals surface area (Å²) in [7, 11) is 1.21. The highest BCUT2D eigenvalue weighted by molar-refractivity contribution is 6.00. The number of methoxy groups -OCH3 is 1. The molecule has 0 bridgehead atoms. The molecule has 40 heavy (non-hydrogen) atoms. The number of hydrogen-bond donors (Lipinski definition) is 2. The minimum Gasteiger partial charge on any atom is -0.453 e. The Morgan fingerprint density at radius 1 is 1.02 bits per heavy atom. The van der Waals surface area contributed by atoms with Crippen molar-refractivity contribution in [3.63, 3.8) is 0 Å². The number of amides is 3. The van der Waals surface area contributed by atoms with Gasteiger partial charge < -0.3 is 24.7 Å². The van der Waals surface area contributed by atoms with E-state index in [1.165, 1.54) is 24.1 Å². The number of likely N-dealkylation sites (tertiary alicyclic amines) is 1. The first-order chi connectivity index (χ1) is 18.8. The maximum atomic E-state index is 13.4. The van der Waals surface area contributed by atoms with Crippen LogP contribution in [0.4, 0.5) is 9.18 Å². The van der Waals surface area contributed by atoms with Crippen LogP contribution in [0.1, 0.15) is 76.5 Å². The van der Waals surface area contributed by atoms with E-state index >= 15 is 0 Å². The molecule has 11 nitrogen and oxygen atoms in total. The predicted octanol–water partition coefficient (Wildman–Crippen LogP) is 3.23. The lowest BCUT2D eigenvalue weighted by atomic mass is 9.84. The monoisotopic (exact) mass is 559 g/mol. The fourth-order valence-electron chi connectivity index (χ4n) is 4.66. The third-order valence-corrected chi connectivity index (χ3v) is 7.21. The van der Waals surface area contributed by atoms with Gasteiger partial charge in [-0.15, -0.1) is 10.2 Å². The van der Waals surface area contributed by atoms with Gasteiger partial charge in [-0.3, -0.25) is 14.4 Å². The minimum atomic E-state index is -0.985. The molecule has 218 valence electrons. The Morgan fingerprint density at radius 3 is 2.23 bits per heavy atom. The smallest absolute Gasteiger partial charge is 0.407 e. The normalized spacial score (nSPS) is 17.1. The lowest BCUT2D eigenvalue weighted by Gasteiger charge is -2.31. The number of ether oxygens (including phenoxy) is 1. The van der Waals surface area contributed by atoms with Crippen LogP contribution in [0.3, 0.4) is 0 Å². The van der Waals surface area contributed by atoms with E-state index in [4.69, 9.17) is 4.42 Å². The van der Waals surface area contributed by atoms with Gasteiger partial charge in [-0.25, -0.2) is 9.18 Å². The Balaban J connectivity index is 1.77. The number of ketones is 1. The molecule has 3 atom stereocenters. The van der Waals surface area contributed by atoms with Crippen molar-refractivity contribution in [2.45, 2.75) is 77.9 Å². The zero-order valence-corrected chi connectivity index (χ0v) is 24.0. The summed E-state index contributed by atoms with van der Waals surface area (Å²) in [6.07, 6.45) is 0.272. The molecule has 1 fully saturated rings. The first-order valence-corrected chi connectivity index (χ1v) is 13.4. The number of carbonyl (C=O) groups excluding carboxylic acids is 4. The van der Waals surface area contributed by atoms with Crippen molar-refractivity contribution < 1.29 is 32.7 Å². The molecule has 0 spiro atoms. The zero-order chi connectivity index (χ0) is 29.8. The average molecular weight is 560 g/mol. The third kappa shape index (κ3) is 6.65. The number of halogens is 1. The van der Waals surface area contributed by atoms with Crippen molar-refractivity contribution in [3.8, 4) is 0 Å². The van der Waals surface area contributed by atoms with Gasteiger partial charge in [-0.05, 0) is 56.2 Å². The predicted molar refractivity (Wildman–Crippen MR) is 143 cm³/mol. The standard InChI is InChI=1S/C28H38FN5O6/c1-15(2)20(22(35)24-32-33-26(40-24)28(5,6)17-10-12-18(29)13-11-17)30-23(36)19-9-8-14-34(19)25(37)21(16(3)4)31-27(38)39-7/h10-13,15-16,19-21H,8-9,14H2,1-7H3,(H,30,36)(H,31,38)/t19-,20?,21-/m0/s1. The second-order valence-corrected chi connectivity index (χ2v) is 11.2. The van der Waals surface area contributed by atoms with Crippen molar-refractivity contribution >= 4 is 23.7 Å². The van der Waals surface area contributed by atoms with Crippen LogP contribution in [0.2, 0.25) is 0 Å². The SMILES string of the molecule is COC(=O)N[C@H](C(=O)N1CCC[C@H]1C(=O)NC(C(=O)c1nnc(C(C)(C)c2ccc(F)cc2)o1)C(C)C)C(C)C. The first kappa shape index (κ1) is 30.7. The maximum Gasteiger partial charge on any atom is 0.407 e. The summed E-state index contributed by atoms with van der Waals surface area (Å²) in [5, 5.41) is 13.3. The van der Waals surface area contributed by atoms with Gasteiger partial charge in [-0.2, -0.15) is 0 Å². The van der Waals surface area contributed by atoms with Crippen LogP contribution in [0, 0.1) is 17.7 Å². The van der Waals surface area contributed by atoms with E-state index in [1.54, 1.807) is 39.8 Å². The Hall–Kier alpha value is -3.83. The van der Waals surface area contributed by atoms with E-state index in [2.05, 4.69) is 25.6 Å². The van der Waals surface area contributed by atoms with Crippen molar-refractivity contribution in [2.24, 2.45) is 11.8 Å². The molecule has 2 heterocycles. The van der Waals surface area contributed by atoms with Crippen LogP contribution in [-0.2, 0) is 19.7 Å². The summed E-state index contributed by atoms with van der Waals surface area (Å²) in [4.78, 5) is 53.4. The molecule has 1 saturated heterocycles. The molecule has 2 N–H and O–H groups in total. The van der Waals surface area contributed by atoms with Crippen LogP contribution in [0.5, 0.6) is 0 Å². The van der Waals surface area contributed by atoms with Crippen molar-refractivity contribution in [1.29, 1.82) is 0 Å². The van der Waals surface area contributed by atoms with E-state index in [-0.39, 0.29) is 29.4 Å². The molecule has 1 aromatic heterocycles. The number of alkyl carbamates (subject to hydrolysis) is 1. The van der Waals surface area contributed by atoms with E-state index in [1.807, 2.05) is 13.8 Å². The fourth-order valence-corrected chi connectivity index (χ4v) is 4.66. The lowest BCUT2D eigenvalue weighted by molar-refractivity contribution is -0.141. The van der Waals surface area contributed by atoms with Gasteiger partial charge >= 0.3 is 6.09 Å². The first-order valence-electron chi connectivity index (χ1n) is 13.4. The third-order valence-electron chi connectivity index (χ3n) is 7.21. The van der Waals surface area contributed by atoms with Crippen LogP contribution < -0.4 is 10.6 Å². The molecule has 1 unspecified atom stereocenters. The summed E-state index contributed by atoms with van der Waals surface area (Å²) in [6.45, 7) is 11.1. The van der Waals surface area contributed by atoms with Gasteiger partial charge in [0.2, 0.25) is 23.5 Å². The zero-order valence-electron chi connectivity index (χ0n) is 24.0. The van der Waals surface area contributed by atoms with Crippen LogP contribution in [-0.4, -0.2) is 70.6 Å². The molecular formula is C28H38FN5O6. The quantitative estimate of drug-likeness (QED) is 0.422. The number of aromatic nitrogens is 2. The van der Waals surface area contributed by atoms with Gasteiger partial charge in [0.15, 0.2) is 0 Å². The van der Waals surface area contributed by atoms with Crippen molar-refractivity contribution in [3.05, 3.63) is 47.4 Å². The molecule has 2 aromatic rings. The lowest BCUT2D eigenvalue weighted by Crippen LogP contribution is -2.57. The number of carbonyl (C=O) groups is 4. The fraction of sp³-hybridized carbons (Fsp3) is 0.571. The number of benzene rings is 1. The molecule has 0 radical (unpaired) electrons. The highest BCUT2D eigenvalue weighted by Crippen LogP contribution is 2.31. The van der Waals surface area contributed by atoms with E-state index in [0.717, 1.165) is 5.56 Å². The summed E-state index contributed by atoms with van der Waals surface area (Å²) in [6, 6.07) is 3.21. The summed E-state index contributed by atoms with van der Waals surface area (Å²) < 4.78 is 23.8. The van der Waals surface area contributed by atoms with Crippen molar-refractivity contribution in [1.82, 2.24) is 25.7 Å². The maximum absolute atomic E-state index is 13.4. The van der Waals surface area contributed by atoms with Crippen LogP contribution in [0.25, 0.3) is 0 Å². The Labute approximate surface area is 233 Å².